The second-order valence-electron chi connectivity index (χ2n) is 2.50. The van der Waals surface area contributed by atoms with E-state index in [9.17, 15) is 4.57 Å². The van der Waals surface area contributed by atoms with Crippen molar-refractivity contribution in [1.82, 2.24) is 0 Å². The highest BCUT2D eigenvalue weighted by molar-refractivity contribution is 7.18. The molecule has 0 heterocycles. The Balaban J connectivity index is 2.56. The lowest BCUT2D eigenvalue weighted by Gasteiger charge is -2.01. The number of nitrogens with one attached hydrogen (secondary N) is 1. The molecule has 1 rings (SSSR count). The number of hydrazone groups is 1. The number of benzene rings is 1. The summed E-state index contributed by atoms with van der Waals surface area (Å²) in [6, 6.07) is 9.48. The molecular formula is C9H11N2O2P. The maximum absolute atomic E-state index is 10.2. The Morgan fingerprint density at radius 3 is 2.79 bits per heavy atom. The lowest BCUT2D eigenvalue weighted by molar-refractivity contribution is 0.514. The van der Waals surface area contributed by atoms with Gasteiger partial charge in [-0.1, -0.05) is 25.1 Å². The third kappa shape index (κ3) is 3.54. The Bertz CT molecular complexity index is 314. The Hall–Kier alpha value is -1.41. The summed E-state index contributed by atoms with van der Waals surface area (Å²) in [7, 11) is -0.380. The van der Waals surface area contributed by atoms with E-state index in [2.05, 4.69) is 10.5 Å². The molecule has 0 saturated heterocycles. The second kappa shape index (κ2) is 6.11. The van der Waals surface area contributed by atoms with Crippen molar-refractivity contribution in [3.8, 4) is 0 Å². The number of hydrogen-bond donors (Lipinski definition) is 1. The van der Waals surface area contributed by atoms with E-state index in [1.165, 1.54) is 0 Å². The lowest BCUT2D eigenvalue weighted by atomic mass is 10.3. The fourth-order valence-corrected chi connectivity index (χ4v) is 1.10. The predicted octanol–water partition coefficient (Wildman–Crippen LogP) is 3.05. The molecule has 4 nitrogen and oxygen atoms in total. The normalized spacial score (nSPS) is 11.4. The van der Waals surface area contributed by atoms with Crippen LogP contribution in [0.5, 0.6) is 0 Å². The van der Waals surface area contributed by atoms with Crippen molar-refractivity contribution in [2.75, 3.05) is 5.43 Å². The van der Waals surface area contributed by atoms with Crippen LogP contribution in [0.15, 0.2) is 35.4 Å². The van der Waals surface area contributed by atoms with Crippen molar-refractivity contribution in [2.24, 2.45) is 5.10 Å². The van der Waals surface area contributed by atoms with Crippen LogP contribution in [0.25, 0.3) is 0 Å². The molecule has 14 heavy (non-hydrogen) atoms. The van der Waals surface area contributed by atoms with Crippen LogP contribution in [0.4, 0.5) is 5.69 Å². The fraction of sp³-hybridized carbons (Fsp3) is 0.222. The van der Waals surface area contributed by atoms with Gasteiger partial charge < -0.3 is 4.52 Å². The minimum Gasteiger partial charge on any atom is -0.390 e. The number of anilines is 1. The largest absolute Gasteiger partial charge is 0.397 e. The van der Waals surface area contributed by atoms with Gasteiger partial charge in [0.15, 0.2) is 0 Å². The maximum Gasteiger partial charge on any atom is 0.397 e. The molecule has 1 aromatic rings. The summed E-state index contributed by atoms with van der Waals surface area (Å²) in [5.41, 5.74) is 3.67. The van der Waals surface area contributed by atoms with Crippen molar-refractivity contribution in [3.05, 3.63) is 30.3 Å². The number of hydrogen-bond acceptors (Lipinski definition) is 4. The summed E-state index contributed by atoms with van der Waals surface area (Å²) < 4.78 is 14.9. The maximum atomic E-state index is 10.2. The topological polar surface area (TPSA) is 50.7 Å². The zero-order valence-electron chi connectivity index (χ0n) is 7.80. The molecule has 0 aliphatic heterocycles. The zero-order valence-corrected chi connectivity index (χ0v) is 8.70. The molecule has 0 amide bonds. The third-order valence-electron chi connectivity index (χ3n) is 1.53. The van der Waals surface area contributed by atoms with E-state index in [0.717, 1.165) is 5.69 Å². The van der Waals surface area contributed by atoms with E-state index in [0.29, 0.717) is 12.3 Å². The minimum absolute atomic E-state index is 0.380. The van der Waals surface area contributed by atoms with Crippen molar-refractivity contribution >= 4 is 20.3 Å². The van der Waals surface area contributed by atoms with Crippen molar-refractivity contribution in [3.63, 3.8) is 0 Å². The van der Waals surface area contributed by atoms with Crippen LogP contribution in [0.3, 0.4) is 0 Å². The summed E-state index contributed by atoms with van der Waals surface area (Å²) in [5.74, 6) is 0.408. The standard InChI is InChI=1S/C9H11N2O2P/c1-2-9(13-14-12)11-10-8-6-4-3-5-7-8/h3-7,10H,2H2,1H3. The highest BCUT2D eigenvalue weighted by atomic mass is 31.1. The van der Waals surface area contributed by atoms with Crippen LogP contribution >= 0.6 is 8.69 Å². The van der Waals surface area contributed by atoms with Gasteiger partial charge in [0, 0.05) is 6.42 Å². The SMILES string of the molecule is CCC(=NNc1ccccc1)OP=O. The van der Waals surface area contributed by atoms with Gasteiger partial charge in [0.1, 0.15) is 0 Å². The molecule has 74 valence electrons. The summed E-state index contributed by atoms with van der Waals surface area (Å²) in [6.07, 6.45) is 0.592. The Kier molecular flexibility index (Phi) is 4.65. The number of rotatable bonds is 4. The van der Waals surface area contributed by atoms with Crippen molar-refractivity contribution in [2.45, 2.75) is 13.3 Å². The van der Waals surface area contributed by atoms with Gasteiger partial charge in [-0.3, -0.25) is 5.43 Å². The summed E-state index contributed by atoms with van der Waals surface area (Å²) >= 11 is 0. The molecule has 0 spiro atoms. The van der Waals surface area contributed by atoms with Crippen LogP contribution in [0, 0.1) is 0 Å². The van der Waals surface area contributed by atoms with Gasteiger partial charge in [0.25, 0.3) is 0 Å². The highest BCUT2D eigenvalue weighted by Gasteiger charge is 1.95. The Morgan fingerprint density at radius 1 is 1.50 bits per heavy atom. The highest BCUT2D eigenvalue weighted by Crippen LogP contribution is 2.06. The van der Waals surface area contributed by atoms with Crippen molar-refractivity contribution < 1.29 is 9.09 Å². The second-order valence-corrected chi connectivity index (χ2v) is 2.83. The van der Waals surface area contributed by atoms with Gasteiger partial charge in [-0.15, -0.1) is 5.10 Å². The first-order chi connectivity index (χ1) is 6.86. The van der Waals surface area contributed by atoms with Gasteiger partial charge >= 0.3 is 8.69 Å². The quantitative estimate of drug-likeness (QED) is 0.359. The van der Waals surface area contributed by atoms with Crippen LogP contribution in [0.1, 0.15) is 13.3 Å². The molecule has 0 aliphatic rings. The summed E-state index contributed by atoms with van der Waals surface area (Å²) in [4.78, 5) is 0. The molecule has 0 saturated carbocycles. The zero-order chi connectivity index (χ0) is 10.2. The average Bonchev–Trinajstić information content (AvgIpc) is 2.25. The van der Waals surface area contributed by atoms with E-state index >= 15 is 0 Å². The molecule has 0 aliphatic carbocycles. The van der Waals surface area contributed by atoms with Gasteiger partial charge in [-0.05, 0) is 12.1 Å². The minimum atomic E-state index is -0.380. The average molecular weight is 210 g/mol. The van der Waals surface area contributed by atoms with Gasteiger partial charge in [-0.25, -0.2) is 4.57 Å². The monoisotopic (exact) mass is 210 g/mol. The predicted molar refractivity (Wildman–Crippen MR) is 56.5 cm³/mol. The molecule has 5 heteroatoms. The fourth-order valence-electron chi connectivity index (χ4n) is 0.847. The molecule has 0 fully saturated rings. The lowest BCUT2D eigenvalue weighted by Crippen LogP contribution is -2.00. The van der Waals surface area contributed by atoms with Gasteiger partial charge in [0.2, 0.25) is 5.90 Å². The van der Waals surface area contributed by atoms with Crippen LogP contribution in [-0.4, -0.2) is 5.90 Å². The molecule has 0 radical (unpaired) electrons. The van der Waals surface area contributed by atoms with E-state index in [-0.39, 0.29) is 8.69 Å². The molecule has 0 aromatic heterocycles. The molecule has 0 bridgehead atoms. The van der Waals surface area contributed by atoms with Gasteiger partial charge in [0.05, 0.1) is 5.69 Å². The first-order valence-electron chi connectivity index (χ1n) is 4.24. The van der Waals surface area contributed by atoms with E-state index < -0.39 is 0 Å². The van der Waals surface area contributed by atoms with Gasteiger partial charge in [-0.2, -0.15) is 0 Å². The smallest absolute Gasteiger partial charge is 0.390 e. The summed E-state index contributed by atoms with van der Waals surface area (Å²) in [5, 5.41) is 3.94. The molecule has 0 unspecified atom stereocenters. The first kappa shape index (κ1) is 10.7. The molecule has 0 atom stereocenters. The molecular weight excluding hydrogens is 199 g/mol. The van der Waals surface area contributed by atoms with Crippen LogP contribution in [0.2, 0.25) is 0 Å². The molecule has 1 N–H and O–H groups in total. The molecule has 1 aromatic carbocycles. The number of para-hydroxylation sites is 1. The van der Waals surface area contributed by atoms with E-state index in [4.69, 9.17) is 4.52 Å². The summed E-state index contributed by atoms with van der Waals surface area (Å²) in [6.45, 7) is 1.87. The van der Waals surface area contributed by atoms with Crippen molar-refractivity contribution in [1.29, 1.82) is 0 Å². The van der Waals surface area contributed by atoms with E-state index in [1.807, 2.05) is 37.3 Å². The van der Waals surface area contributed by atoms with Crippen LogP contribution < -0.4 is 5.43 Å². The Labute approximate surface area is 84.3 Å². The third-order valence-corrected chi connectivity index (χ3v) is 1.81. The first-order valence-corrected chi connectivity index (χ1v) is 4.97. The van der Waals surface area contributed by atoms with E-state index in [1.54, 1.807) is 0 Å². The number of nitrogens with zero attached hydrogens (tertiary/aromatic N) is 1. The van der Waals surface area contributed by atoms with Crippen LogP contribution in [-0.2, 0) is 9.09 Å². The Morgan fingerprint density at radius 2 is 2.21 bits per heavy atom.